The maximum Gasteiger partial charge on any atom is 0.264 e. The first-order valence-corrected chi connectivity index (χ1v) is 11.1. The Morgan fingerprint density at radius 3 is 1.08 bits per heavy atom. The van der Waals surface area contributed by atoms with Gasteiger partial charge in [-0.2, -0.15) is 16.8 Å². The molecule has 0 radical (unpaired) electrons. The van der Waals surface area contributed by atoms with Crippen LogP contribution in [0, 0.1) is 0 Å². The zero-order valence-electron chi connectivity index (χ0n) is 15.7. The molecule has 0 fully saturated rings. The van der Waals surface area contributed by atoms with Crippen molar-refractivity contribution in [3.05, 3.63) is 0 Å². The summed E-state index contributed by atoms with van der Waals surface area (Å²) < 4.78 is 67.1. The molecule has 8 nitrogen and oxygen atoms in total. The van der Waals surface area contributed by atoms with E-state index in [1.54, 1.807) is 41.5 Å². The van der Waals surface area contributed by atoms with Crippen molar-refractivity contribution in [1.82, 2.24) is 0 Å². The van der Waals surface area contributed by atoms with E-state index >= 15 is 0 Å². The summed E-state index contributed by atoms with van der Waals surface area (Å²) in [6.45, 7) is 10.3. The second-order valence-electron chi connectivity index (χ2n) is 7.52. The number of ether oxygens (including phenoxy) is 2. The second-order valence-corrected chi connectivity index (χ2v) is 10.7. The minimum atomic E-state index is -3.86. The van der Waals surface area contributed by atoms with Crippen LogP contribution in [-0.2, 0) is 38.1 Å². The van der Waals surface area contributed by atoms with Crippen LogP contribution in [0.1, 0.15) is 41.5 Å². The molecule has 0 aromatic rings. The van der Waals surface area contributed by atoms with Crippen LogP contribution in [-0.4, -0.2) is 66.0 Å². The van der Waals surface area contributed by atoms with Crippen molar-refractivity contribution in [2.24, 2.45) is 0 Å². The first kappa shape index (κ1) is 23.7. The Hall–Kier alpha value is -0.260. The fraction of sp³-hybridized carbons (Fsp3) is 1.00. The van der Waals surface area contributed by atoms with Gasteiger partial charge in [0.05, 0.1) is 36.9 Å². The minimum absolute atomic E-state index is 0.176. The predicted molar refractivity (Wildman–Crippen MR) is 90.8 cm³/mol. The van der Waals surface area contributed by atoms with Crippen LogP contribution in [0.4, 0.5) is 0 Å². The normalized spacial score (nSPS) is 16.8. The number of rotatable bonds is 9. The molecule has 0 saturated carbocycles. The third-order valence-corrected chi connectivity index (χ3v) is 3.57. The Labute approximate surface area is 146 Å². The molecule has 2 atom stereocenters. The van der Waals surface area contributed by atoms with E-state index in [1.165, 1.54) is 0 Å². The van der Waals surface area contributed by atoms with Gasteiger partial charge in [-0.05, 0) is 41.5 Å². The van der Waals surface area contributed by atoms with Crippen LogP contribution < -0.4 is 0 Å². The SMILES string of the molecule is CC(C)(C)OC[C@@H](OS(C)(=O)=O)[C@@H](COC(C)(C)C)OS(C)(=O)=O. The van der Waals surface area contributed by atoms with Gasteiger partial charge in [-0.15, -0.1) is 0 Å². The molecule has 0 bridgehead atoms. The Bertz CT molecular complexity index is 527. The summed E-state index contributed by atoms with van der Waals surface area (Å²) in [4.78, 5) is 0. The summed E-state index contributed by atoms with van der Waals surface area (Å²) in [5.41, 5.74) is -1.14. The van der Waals surface area contributed by atoms with Gasteiger partial charge in [0.1, 0.15) is 12.2 Å². The number of hydrogen-bond donors (Lipinski definition) is 0. The molecule has 0 amide bonds. The van der Waals surface area contributed by atoms with E-state index in [4.69, 9.17) is 17.8 Å². The van der Waals surface area contributed by atoms with Crippen molar-refractivity contribution in [1.29, 1.82) is 0 Å². The lowest BCUT2D eigenvalue weighted by molar-refractivity contribution is -0.102. The van der Waals surface area contributed by atoms with Gasteiger partial charge >= 0.3 is 0 Å². The molecule has 0 N–H and O–H groups in total. The van der Waals surface area contributed by atoms with Gasteiger partial charge in [-0.25, -0.2) is 0 Å². The summed E-state index contributed by atoms with van der Waals surface area (Å²) in [7, 11) is -7.71. The molecule has 0 aliphatic heterocycles. The molecular formula is C14H30O8S2. The molecule has 0 heterocycles. The Morgan fingerprint density at radius 1 is 0.667 bits per heavy atom. The smallest absolute Gasteiger partial charge is 0.264 e. The zero-order chi connectivity index (χ0) is 19.4. The van der Waals surface area contributed by atoms with Crippen molar-refractivity contribution in [2.75, 3.05) is 25.7 Å². The lowest BCUT2D eigenvalue weighted by Gasteiger charge is -2.30. The fourth-order valence-electron chi connectivity index (χ4n) is 1.51. The third kappa shape index (κ3) is 14.1. The van der Waals surface area contributed by atoms with E-state index in [0.717, 1.165) is 12.5 Å². The standard InChI is InChI=1S/C14H30O8S2/c1-13(2,3)19-9-11(21-23(7,15)16)12(22-24(8,17)18)10-20-14(4,5)6/h11-12H,9-10H2,1-8H3/t11-,12-/m1/s1. The highest BCUT2D eigenvalue weighted by molar-refractivity contribution is 7.86. The van der Waals surface area contributed by atoms with Crippen molar-refractivity contribution >= 4 is 20.2 Å². The first-order chi connectivity index (χ1) is 10.4. The van der Waals surface area contributed by atoms with Crippen LogP contribution in [0.25, 0.3) is 0 Å². The Morgan fingerprint density at radius 2 is 0.917 bits per heavy atom. The van der Waals surface area contributed by atoms with Crippen LogP contribution in [0.2, 0.25) is 0 Å². The van der Waals surface area contributed by atoms with Gasteiger partial charge in [0, 0.05) is 0 Å². The Balaban J connectivity index is 5.42. The largest absolute Gasteiger partial charge is 0.373 e. The monoisotopic (exact) mass is 390 g/mol. The van der Waals surface area contributed by atoms with Gasteiger partial charge in [0.15, 0.2) is 0 Å². The summed E-state index contributed by atoms with van der Waals surface area (Å²) in [5, 5.41) is 0. The molecule has 0 unspecified atom stereocenters. The lowest BCUT2D eigenvalue weighted by Crippen LogP contribution is -2.44. The van der Waals surface area contributed by atoms with E-state index in [0.29, 0.717) is 0 Å². The molecule has 0 aromatic carbocycles. The van der Waals surface area contributed by atoms with E-state index in [-0.39, 0.29) is 13.2 Å². The molecule has 146 valence electrons. The van der Waals surface area contributed by atoms with Crippen molar-refractivity contribution < 1.29 is 34.7 Å². The summed E-state index contributed by atoms with van der Waals surface area (Å²) in [5.74, 6) is 0. The topological polar surface area (TPSA) is 105 Å². The molecule has 0 aliphatic carbocycles. The molecule has 0 aliphatic rings. The number of hydrogen-bond acceptors (Lipinski definition) is 8. The summed E-state index contributed by atoms with van der Waals surface area (Å²) >= 11 is 0. The van der Waals surface area contributed by atoms with E-state index in [1.807, 2.05) is 0 Å². The first-order valence-electron chi connectivity index (χ1n) is 7.42. The van der Waals surface area contributed by atoms with Crippen molar-refractivity contribution in [3.63, 3.8) is 0 Å². The van der Waals surface area contributed by atoms with Gasteiger partial charge in [0.2, 0.25) is 0 Å². The van der Waals surface area contributed by atoms with Gasteiger partial charge in [-0.3, -0.25) is 8.37 Å². The van der Waals surface area contributed by atoms with Crippen molar-refractivity contribution in [2.45, 2.75) is 65.0 Å². The van der Waals surface area contributed by atoms with Crippen LogP contribution >= 0.6 is 0 Å². The van der Waals surface area contributed by atoms with Gasteiger partial charge in [0.25, 0.3) is 20.2 Å². The third-order valence-electron chi connectivity index (χ3n) is 2.37. The molecule has 0 saturated heterocycles. The van der Waals surface area contributed by atoms with Crippen LogP contribution in [0.5, 0.6) is 0 Å². The molecule has 0 spiro atoms. The molecule has 0 aromatic heterocycles. The highest BCUT2D eigenvalue weighted by Crippen LogP contribution is 2.18. The quantitative estimate of drug-likeness (QED) is 0.543. The van der Waals surface area contributed by atoms with Crippen LogP contribution in [0.3, 0.4) is 0 Å². The predicted octanol–water partition coefficient (Wildman–Crippen LogP) is 1.31. The molecule has 24 heavy (non-hydrogen) atoms. The highest BCUT2D eigenvalue weighted by Gasteiger charge is 2.33. The maximum atomic E-state index is 11.5. The summed E-state index contributed by atoms with van der Waals surface area (Å²) in [6, 6.07) is 0. The van der Waals surface area contributed by atoms with Crippen LogP contribution in [0.15, 0.2) is 0 Å². The molecule has 0 rings (SSSR count). The van der Waals surface area contributed by atoms with E-state index in [9.17, 15) is 16.8 Å². The fourth-order valence-corrected chi connectivity index (χ4v) is 2.76. The van der Waals surface area contributed by atoms with E-state index < -0.39 is 43.6 Å². The van der Waals surface area contributed by atoms with Crippen molar-refractivity contribution in [3.8, 4) is 0 Å². The zero-order valence-corrected chi connectivity index (χ0v) is 17.3. The minimum Gasteiger partial charge on any atom is -0.373 e. The summed E-state index contributed by atoms with van der Waals surface area (Å²) in [6.07, 6.45) is -0.592. The maximum absolute atomic E-state index is 11.5. The Kier molecular flexibility index (Phi) is 8.32. The van der Waals surface area contributed by atoms with Gasteiger partial charge in [-0.1, -0.05) is 0 Å². The highest BCUT2D eigenvalue weighted by atomic mass is 32.2. The lowest BCUT2D eigenvalue weighted by atomic mass is 10.1. The van der Waals surface area contributed by atoms with E-state index in [2.05, 4.69) is 0 Å². The van der Waals surface area contributed by atoms with Gasteiger partial charge < -0.3 is 9.47 Å². The second kappa shape index (κ2) is 8.41. The molecule has 10 heteroatoms. The average Bonchev–Trinajstić information content (AvgIpc) is 2.25. The average molecular weight is 391 g/mol. The molecular weight excluding hydrogens is 360 g/mol.